The van der Waals surface area contributed by atoms with Crippen LogP contribution in [0.2, 0.25) is 0 Å². The van der Waals surface area contributed by atoms with Crippen LogP contribution >= 0.6 is 23.6 Å². The number of hydrogen-bond donors (Lipinski definition) is 1. The molecule has 2 heterocycles. The first kappa shape index (κ1) is 12.8. The van der Waals surface area contributed by atoms with Crippen LogP contribution in [0.4, 0.5) is 0 Å². The first-order chi connectivity index (χ1) is 9.22. The fourth-order valence-electron chi connectivity index (χ4n) is 2.52. The number of rotatable bonds is 3. The number of nitrogens with zero attached hydrogens (tertiary/aromatic N) is 1. The summed E-state index contributed by atoms with van der Waals surface area (Å²) >= 11 is 6.91. The largest absolute Gasteiger partial charge is 0.389 e. The molecular weight excluding hydrogens is 272 g/mol. The lowest BCUT2D eigenvalue weighted by molar-refractivity contribution is 0.247. The molecule has 0 atom stereocenters. The second kappa shape index (κ2) is 5.41. The standard InChI is InChI=1S/C15H16N2S2/c16-15(18)12-3-1-2-11(8-12)9-17-6-4-14-13(10-17)5-7-19-14/h1-3,5,7-8H,4,6,9-10H2,(H2,16,18). The van der Waals surface area contributed by atoms with Gasteiger partial charge in [-0.05, 0) is 35.1 Å². The molecule has 0 saturated carbocycles. The van der Waals surface area contributed by atoms with Gasteiger partial charge in [-0.3, -0.25) is 4.90 Å². The lowest BCUT2D eigenvalue weighted by Crippen LogP contribution is -2.29. The minimum absolute atomic E-state index is 0.473. The summed E-state index contributed by atoms with van der Waals surface area (Å²) in [5.74, 6) is 0. The van der Waals surface area contributed by atoms with Crippen molar-refractivity contribution < 1.29 is 0 Å². The topological polar surface area (TPSA) is 29.3 Å². The SMILES string of the molecule is NC(=S)c1cccc(CN2CCc3sccc3C2)c1. The summed E-state index contributed by atoms with van der Waals surface area (Å²) in [6, 6.07) is 10.5. The van der Waals surface area contributed by atoms with Crippen LogP contribution in [0.5, 0.6) is 0 Å². The number of nitrogens with two attached hydrogens (primary N) is 1. The van der Waals surface area contributed by atoms with Crippen molar-refractivity contribution in [2.24, 2.45) is 5.73 Å². The predicted molar refractivity (Wildman–Crippen MR) is 84.5 cm³/mol. The molecular formula is C15H16N2S2. The van der Waals surface area contributed by atoms with Crippen LogP contribution in [0.15, 0.2) is 35.7 Å². The molecule has 0 spiro atoms. The van der Waals surface area contributed by atoms with Gasteiger partial charge < -0.3 is 5.73 Å². The van der Waals surface area contributed by atoms with E-state index in [1.54, 1.807) is 4.88 Å². The molecule has 1 aliphatic rings. The van der Waals surface area contributed by atoms with Gasteiger partial charge in [0.25, 0.3) is 0 Å². The smallest absolute Gasteiger partial charge is 0.103 e. The van der Waals surface area contributed by atoms with E-state index in [9.17, 15) is 0 Å². The quantitative estimate of drug-likeness (QED) is 0.881. The molecule has 2 nitrogen and oxygen atoms in total. The van der Waals surface area contributed by atoms with Crippen LogP contribution in [0.3, 0.4) is 0 Å². The van der Waals surface area contributed by atoms with Gasteiger partial charge in [0, 0.05) is 30.1 Å². The zero-order chi connectivity index (χ0) is 13.2. The zero-order valence-corrected chi connectivity index (χ0v) is 12.3. The number of fused-ring (bicyclic) bond motifs is 1. The molecule has 0 bridgehead atoms. The fourth-order valence-corrected chi connectivity index (χ4v) is 3.54. The minimum Gasteiger partial charge on any atom is -0.389 e. The number of hydrogen-bond acceptors (Lipinski definition) is 3. The maximum atomic E-state index is 5.68. The average molecular weight is 288 g/mol. The highest BCUT2D eigenvalue weighted by atomic mass is 32.1. The van der Waals surface area contributed by atoms with Crippen LogP contribution in [-0.4, -0.2) is 16.4 Å². The molecule has 0 saturated heterocycles. The lowest BCUT2D eigenvalue weighted by atomic mass is 10.1. The fraction of sp³-hybridized carbons (Fsp3) is 0.267. The van der Waals surface area contributed by atoms with Crippen molar-refractivity contribution in [3.05, 3.63) is 57.3 Å². The maximum absolute atomic E-state index is 5.68. The minimum atomic E-state index is 0.473. The number of thiocarbonyl (C=S) groups is 1. The Bertz CT molecular complexity index is 604. The molecule has 1 aromatic carbocycles. The van der Waals surface area contributed by atoms with Gasteiger partial charge in [0.05, 0.1) is 0 Å². The summed E-state index contributed by atoms with van der Waals surface area (Å²) in [5.41, 5.74) is 9.41. The molecule has 0 fully saturated rings. The summed E-state index contributed by atoms with van der Waals surface area (Å²) in [7, 11) is 0. The molecule has 0 unspecified atom stereocenters. The second-order valence-corrected chi connectivity index (χ2v) is 6.33. The predicted octanol–water partition coefficient (Wildman–Crippen LogP) is 2.94. The van der Waals surface area contributed by atoms with Gasteiger partial charge >= 0.3 is 0 Å². The second-order valence-electron chi connectivity index (χ2n) is 4.89. The van der Waals surface area contributed by atoms with Crippen molar-refractivity contribution in [2.45, 2.75) is 19.5 Å². The summed E-state index contributed by atoms with van der Waals surface area (Å²) < 4.78 is 0. The third-order valence-electron chi connectivity index (χ3n) is 3.50. The van der Waals surface area contributed by atoms with Crippen molar-refractivity contribution in [1.29, 1.82) is 0 Å². The molecule has 0 aliphatic carbocycles. The number of benzene rings is 1. The normalized spacial score (nSPS) is 15.2. The van der Waals surface area contributed by atoms with Gasteiger partial charge in [0.2, 0.25) is 0 Å². The van der Waals surface area contributed by atoms with E-state index in [4.69, 9.17) is 18.0 Å². The van der Waals surface area contributed by atoms with E-state index in [1.165, 1.54) is 17.5 Å². The highest BCUT2D eigenvalue weighted by Gasteiger charge is 2.17. The van der Waals surface area contributed by atoms with Gasteiger partial charge in [-0.25, -0.2) is 0 Å². The molecule has 2 N–H and O–H groups in total. The zero-order valence-electron chi connectivity index (χ0n) is 10.6. The molecule has 19 heavy (non-hydrogen) atoms. The van der Waals surface area contributed by atoms with Crippen molar-refractivity contribution >= 4 is 28.5 Å². The number of thiophene rings is 1. The van der Waals surface area contributed by atoms with Crippen LogP contribution in [0, 0.1) is 0 Å². The maximum Gasteiger partial charge on any atom is 0.103 e. The van der Waals surface area contributed by atoms with Gasteiger partial charge in [0.1, 0.15) is 4.99 Å². The van der Waals surface area contributed by atoms with Crippen molar-refractivity contribution in [2.75, 3.05) is 6.54 Å². The third-order valence-corrected chi connectivity index (χ3v) is 4.76. The Morgan fingerprint density at radius 3 is 3.11 bits per heavy atom. The van der Waals surface area contributed by atoms with E-state index in [0.29, 0.717) is 4.99 Å². The van der Waals surface area contributed by atoms with Gasteiger partial charge in [-0.2, -0.15) is 0 Å². The molecule has 3 rings (SSSR count). The van der Waals surface area contributed by atoms with E-state index in [0.717, 1.165) is 25.2 Å². The summed E-state index contributed by atoms with van der Waals surface area (Å²) in [4.78, 5) is 4.50. The van der Waals surface area contributed by atoms with E-state index in [2.05, 4.69) is 28.5 Å². The van der Waals surface area contributed by atoms with E-state index in [1.807, 2.05) is 23.5 Å². The molecule has 0 amide bonds. The highest BCUT2D eigenvalue weighted by Crippen LogP contribution is 2.25. The summed E-state index contributed by atoms with van der Waals surface area (Å²) in [5, 5.41) is 2.20. The molecule has 1 aromatic heterocycles. The molecule has 0 radical (unpaired) electrons. The highest BCUT2D eigenvalue weighted by molar-refractivity contribution is 7.80. The van der Waals surface area contributed by atoms with Gasteiger partial charge in [-0.1, -0.05) is 30.4 Å². The summed E-state index contributed by atoms with van der Waals surface area (Å²) in [6.45, 7) is 3.15. The Morgan fingerprint density at radius 1 is 1.37 bits per heavy atom. The van der Waals surface area contributed by atoms with E-state index >= 15 is 0 Å². The van der Waals surface area contributed by atoms with Gasteiger partial charge in [0.15, 0.2) is 0 Å². The Kier molecular flexibility index (Phi) is 3.64. The Balaban J connectivity index is 1.72. The Labute approximate surface area is 122 Å². The van der Waals surface area contributed by atoms with Crippen molar-refractivity contribution in [3.63, 3.8) is 0 Å². The monoisotopic (exact) mass is 288 g/mol. The third kappa shape index (κ3) is 2.86. The first-order valence-electron chi connectivity index (χ1n) is 6.39. The molecule has 98 valence electrons. The van der Waals surface area contributed by atoms with Crippen LogP contribution in [-0.2, 0) is 19.5 Å². The Hall–Kier alpha value is -1.23. The van der Waals surface area contributed by atoms with Crippen LogP contribution in [0.25, 0.3) is 0 Å². The molecule has 2 aromatic rings. The average Bonchev–Trinajstić information content (AvgIpc) is 2.86. The van der Waals surface area contributed by atoms with Gasteiger partial charge in [-0.15, -0.1) is 11.3 Å². The molecule has 4 heteroatoms. The Morgan fingerprint density at radius 2 is 2.26 bits per heavy atom. The van der Waals surface area contributed by atoms with E-state index in [-0.39, 0.29) is 0 Å². The molecule has 1 aliphatic heterocycles. The summed E-state index contributed by atoms with van der Waals surface area (Å²) in [6.07, 6.45) is 1.17. The first-order valence-corrected chi connectivity index (χ1v) is 7.67. The van der Waals surface area contributed by atoms with Crippen LogP contribution in [0.1, 0.15) is 21.6 Å². The lowest BCUT2D eigenvalue weighted by Gasteiger charge is -2.26. The van der Waals surface area contributed by atoms with E-state index < -0.39 is 0 Å². The van der Waals surface area contributed by atoms with Crippen molar-refractivity contribution in [1.82, 2.24) is 4.90 Å². The van der Waals surface area contributed by atoms with Crippen LogP contribution < -0.4 is 5.73 Å². The van der Waals surface area contributed by atoms with Crippen molar-refractivity contribution in [3.8, 4) is 0 Å².